The van der Waals surface area contributed by atoms with E-state index < -0.39 is 0 Å². The van der Waals surface area contributed by atoms with Crippen molar-refractivity contribution < 1.29 is 4.74 Å². The third-order valence-electron chi connectivity index (χ3n) is 2.00. The summed E-state index contributed by atoms with van der Waals surface area (Å²) < 4.78 is 5.52. The zero-order valence-electron chi connectivity index (χ0n) is 9.39. The molecule has 2 aromatic rings. The number of aromatic nitrogens is 2. The maximum atomic E-state index is 5.80. The molecule has 0 unspecified atom stereocenters. The molecule has 0 amide bonds. The van der Waals surface area contributed by atoms with Gasteiger partial charge >= 0.3 is 0 Å². The van der Waals surface area contributed by atoms with E-state index in [1.165, 1.54) is 11.3 Å². The molecule has 0 atom stereocenters. The Morgan fingerprint density at radius 3 is 2.89 bits per heavy atom. The van der Waals surface area contributed by atoms with Gasteiger partial charge in [-0.25, -0.2) is 9.97 Å². The molecular formula is C12H10ClN3OS. The van der Waals surface area contributed by atoms with E-state index in [0.717, 1.165) is 5.52 Å². The third kappa shape index (κ3) is 2.69. The standard InChI is InChI=1S/C12H10ClN3OS/c1-3-4-9(7(2)13)17-10-6-5-8-11(16-10)18-12(14)15-8/h3-6H,1-2H2,(H2,14,15)/b9-4+. The van der Waals surface area contributed by atoms with Gasteiger partial charge in [-0.1, -0.05) is 42.2 Å². The van der Waals surface area contributed by atoms with Crippen molar-refractivity contribution >= 4 is 38.4 Å². The summed E-state index contributed by atoms with van der Waals surface area (Å²) in [4.78, 5) is 9.10. The van der Waals surface area contributed by atoms with Gasteiger partial charge in [-0.3, -0.25) is 0 Å². The van der Waals surface area contributed by atoms with Gasteiger partial charge in [0.25, 0.3) is 0 Å². The molecule has 2 N–H and O–H groups in total. The largest absolute Gasteiger partial charge is 0.437 e. The minimum Gasteiger partial charge on any atom is -0.437 e. The van der Waals surface area contributed by atoms with E-state index in [1.807, 2.05) is 0 Å². The fourth-order valence-electron chi connectivity index (χ4n) is 1.27. The van der Waals surface area contributed by atoms with Crippen LogP contribution in [-0.2, 0) is 0 Å². The molecule has 0 bridgehead atoms. The van der Waals surface area contributed by atoms with Crippen LogP contribution in [0.15, 0.2) is 48.2 Å². The second-order valence-electron chi connectivity index (χ2n) is 3.30. The van der Waals surface area contributed by atoms with Crippen molar-refractivity contribution in [2.45, 2.75) is 0 Å². The molecule has 0 aromatic carbocycles. The smallest absolute Gasteiger partial charge is 0.220 e. The average Bonchev–Trinajstić information content (AvgIpc) is 2.67. The van der Waals surface area contributed by atoms with Gasteiger partial charge in [0.2, 0.25) is 5.88 Å². The van der Waals surface area contributed by atoms with Crippen LogP contribution in [0.1, 0.15) is 0 Å². The zero-order chi connectivity index (χ0) is 13.1. The van der Waals surface area contributed by atoms with Crippen LogP contribution in [0.3, 0.4) is 0 Å². The van der Waals surface area contributed by atoms with E-state index in [4.69, 9.17) is 22.1 Å². The maximum absolute atomic E-state index is 5.80. The minimum absolute atomic E-state index is 0.278. The summed E-state index contributed by atoms with van der Waals surface area (Å²) in [5.74, 6) is 0.803. The Kier molecular flexibility index (Phi) is 3.64. The summed E-state index contributed by atoms with van der Waals surface area (Å²) in [6, 6.07) is 3.48. The van der Waals surface area contributed by atoms with Crippen LogP contribution in [0.5, 0.6) is 5.88 Å². The van der Waals surface area contributed by atoms with Gasteiger partial charge < -0.3 is 10.5 Å². The normalized spacial score (nSPS) is 11.5. The summed E-state index contributed by atoms with van der Waals surface area (Å²) >= 11 is 7.10. The number of nitrogens with zero attached hydrogens (tertiary/aromatic N) is 2. The van der Waals surface area contributed by atoms with Gasteiger partial charge in [0.05, 0.1) is 5.03 Å². The summed E-state index contributed by atoms with van der Waals surface area (Å²) in [6.45, 7) is 7.18. The Bertz CT molecular complexity index is 648. The molecule has 2 rings (SSSR count). The van der Waals surface area contributed by atoms with Crippen LogP contribution in [0.2, 0.25) is 0 Å². The Balaban J connectivity index is 2.33. The van der Waals surface area contributed by atoms with Gasteiger partial charge in [-0.15, -0.1) is 0 Å². The highest BCUT2D eigenvalue weighted by atomic mass is 35.5. The Labute approximate surface area is 113 Å². The summed E-state index contributed by atoms with van der Waals surface area (Å²) in [6.07, 6.45) is 3.17. The van der Waals surface area contributed by atoms with Crippen molar-refractivity contribution in [3.63, 3.8) is 0 Å². The molecule has 0 aliphatic heterocycles. The number of hydrogen-bond donors (Lipinski definition) is 1. The predicted octanol–water partition coefficient (Wildman–Crippen LogP) is 3.47. The SMILES string of the molecule is C=C/C=C(/Oc1ccc2nc(N)sc2n1)C(=C)Cl. The molecule has 0 radical (unpaired) electrons. The lowest BCUT2D eigenvalue weighted by molar-refractivity contribution is 0.426. The van der Waals surface area contributed by atoms with Gasteiger partial charge in [0.1, 0.15) is 16.1 Å². The van der Waals surface area contributed by atoms with E-state index in [2.05, 4.69) is 23.1 Å². The summed E-state index contributed by atoms with van der Waals surface area (Å²) in [5, 5.41) is 0.749. The monoisotopic (exact) mass is 279 g/mol. The maximum Gasteiger partial charge on any atom is 0.220 e. The average molecular weight is 280 g/mol. The number of nitrogen functional groups attached to an aromatic ring is 1. The molecule has 18 heavy (non-hydrogen) atoms. The molecule has 0 saturated heterocycles. The lowest BCUT2D eigenvalue weighted by atomic mass is 10.4. The number of anilines is 1. The van der Waals surface area contributed by atoms with Crippen LogP contribution in [0.4, 0.5) is 5.13 Å². The highest BCUT2D eigenvalue weighted by molar-refractivity contribution is 7.21. The number of fused-ring (bicyclic) bond motifs is 1. The summed E-state index contributed by atoms with van der Waals surface area (Å²) in [5.41, 5.74) is 6.34. The predicted molar refractivity (Wildman–Crippen MR) is 75.7 cm³/mol. The van der Waals surface area contributed by atoms with E-state index in [9.17, 15) is 0 Å². The fraction of sp³-hybridized carbons (Fsp3) is 0. The molecule has 6 heteroatoms. The topological polar surface area (TPSA) is 61.0 Å². The second kappa shape index (κ2) is 5.20. The number of rotatable bonds is 4. The van der Waals surface area contributed by atoms with Gasteiger partial charge in [0, 0.05) is 6.07 Å². The van der Waals surface area contributed by atoms with Crippen molar-refractivity contribution in [1.82, 2.24) is 9.97 Å². The van der Waals surface area contributed by atoms with Crippen LogP contribution >= 0.6 is 22.9 Å². The van der Waals surface area contributed by atoms with Gasteiger partial charge in [-0.05, 0) is 12.1 Å². The molecule has 0 aliphatic carbocycles. The molecule has 2 heterocycles. The number of pyridine rings is 1. The third-order valence-corrected chi connectivity index (χ3v) is 2.98. The lowest BCUT2D eigenvalue weighted by Gasteiger charge is -2.06. The first-order valence-electron chi connectivity index (χ1n) is 4.98. The van der Waals surface area contributed by atoms with Crippen molar-refractivity contribution in [3.05, 3.63) is 48.2 Å². The summed E-state index contributed by atoms with van der Waals surface area (Å²) in [7, 11) is 0. The van der Waals surface area contributed by atoms with Crippen LogP contribution in [0.25, 0.3) is 10.3 Å². The number of ether oxygens (including phenoxy) is 1. The Hall–Kier alpha value is -1.85. The first-order valence-corrected chi connectivity index (χ1v) is 6.18. The Morgan fingerprint density at radius 2 is 2.22 bits per heavy atom. The van der Waals surface area contributed by atoms with Crippen molar-refractivity contribution in [2.75, 3.05) is 5.73 Å². The number of thiazole rings is 1. The Morgan fingerprint density at radius 1 is 1.44 bits per heavy atom. The number of halogens is 1. The van der Waals surface area contributed by atoms with E-state index in [-0.39, 0.29) is 5.03 Å². The van der Waals surface area contributed by atoms with Crippen LogP contribution < -0.4 is 10.5 Å². The molecule has 0 spiro atoms. The number of allylic oxidation sites excluding steroid dienone is 3. The quantitative estimate of drug-likeness (QED) is 0.687. The first-order chi connectivity index (χ1) is 8.60. The molecule has 0 saturated carbocycles. The lowest BCUT2D eigenvalue weighted by Crippen LogP contribution is -1.96. The van der Waals surface area contributed by atoms with Gasteiger partial charge in [0.15, 0.2) is 5.13 Å². The molecule has 0 fully saturated rings. The molecule has 2 aromatic heterocycles. The number of hydrogen-bond acceptors (Lipinski definition) is 5. The fourth-order valence-corrected chi connectivity index (χ4v) is 2.07. The van der Waals surface area contributed by atoms with Crippen LogP contribution in [0, 0.1) is 0 Å². The molecule has 4 nitrogen and oxygen atoms in total. The van der Waals surface area contributed by atoms with E-state index in [1.54, 1.807) is 24.3 Å². The van der Waals surface area contributed by atoms with Crippen molar-refractivity contribution in [1.29, 1.82) is 0 Å². The van der Waals surface area contributed by atoms with E-state index >= 15 is 0 Å². The highest BCUT2D eigenvalue weighted by Crippen LogP contribution is 2.25. The molecule has 92 valence electrons. The number of nitrogens with two attached hydrogens (primary N) is 1. The second-order valence-corrected chi connectivity index (χ2v) is 4.76. The van der Waals surface area contributed by atoms with Gasteiger partial charge in [-0.2, -0.15) is 0 Å². The minimum atomic E-state index is 0.278. The first kappa shape index (κ1) is 12.6. The van der Waals surface area contributed by atoms with Crippen molar-refractivity contribution in [3.8, 4) is 5.88 Å². The highest BCUT2D eigenvalue weighted by Gasteiger charge is 2.07. The van der Waals surface area contributed by atoms with E-state index in [0.29, 0.717) is 21.6 Å². The van der Waals surface area contributed by atoms with Crippen molar-refractivity contribution in [2.24, 2.45) is 0 Å². The molecular weight excluding hydrogens is 270 g/mol. The molecule has 0 aliphatic rings. The van der Waals surface area contributed by atoms with Crippen LogP contribution in [-0.4, -0.2) is 9.97 Å². The zero-order valence-corrected chi connectivity index (χ0v) is 11.0.